The molecule has 0 atom stereocenters. The maximum absolute atomic E-state index is 2.50. The van der Waals surface area contributed by atoms with Crippen LogP contribution in [0.3, 0.4) is 0 Å². The Hall–Kier alpha value is -8.46. The van der Waals surface area contributed by atoms with Gasteiger partial charge in [0.2, 0.25) is 0 Å². The van der Waals surface area contributed by atoms with Gasteiger partial charge in [-0.15, -0.1) is 0 Å². The van der Waals surface area contributed by atoms with Crippen molar-refractivity contribution in [3.8, 4) is 67.0 Å². The highest BCUT2D eigenvalue weighted by Gasteiger charge is 2.23. The number of nitrogens with zero attached hydrogens (tertiary/aromatic N) is 2. The van der Waals surface area contributed by atoms with E-state index < -0.39 is 0 Å². The van der Waals surface area contributed by atoms with Gasteiger partial charge in [0.1, 0.15) is 0 Å². The van der Waals surface area contributed by atoms with Crippen molar-refractivity contribution in [1.29, 1.82) is 0 Å². The smallest absolute Gasteiger partial charge is 0.0619 e. The van der Waals surface area contributed by atoms with Crippen LogP contribution in [0.5, 0.6) is 0 Å². The van der Waals surface area contributed by atoms with Crippen LogP contribution in [0.2, 0.25) is 0 Å². The minimum atomic E-state index is 1.14. The number of fused-ring (bicyclic) bond motifs is 11. The zero-order valence-electron chi connectivity index (χ0n) is 34.8. The first kappa shape index (κ1) is 35.2. The maximum atomic E-state index is 2.50. The van der Waals surface area contributed by atoms with Gasteiger partial charge < -0.3 is 9.13 Å². The fraction of sp³-hybridized carbons (Fsp3) is 0. The van der Waals surface area contributed by atoms with E-state index in [2.05, 4.69) is 240 Å². The summed E-state index contributed by atoms with van der Waals surface area (Å²) in [7, 11) is 0. The highest BCUT2D eigenvalue weighted by atomic mass is 15.0. The lowest BCUT2D eigenvalue weighted by Crippen LogP contribution is -1.95. The van der Waals surface area contributed by atoms with E-state index in [0.29, 0.717) is 0 Å². The average molecular weight is 811 g/mol. The van der Waals surface area contributed by atoms with Crippen LogP contribution < -0.4 is 0 Å². The van der Waals surface area contributed by atoms with Crippen molar-refractivity contribution in [2.75, 3.05) is 0 Å². The Labute approximate surface area is 370 Å². The molecular formula is C62H38N2. The SMILES string of the molecule is c1ccc(-n2c3ccccc3c3cc(-c4ccc5c6ccc7ccccc7c6n(-c6cccc(-c7cccc(-c8ccc9c%10c(cccc8%10)-c8ccccc8-9)c7)c6)c5c4)ccc32)cc1. The minimum absolute atomic E-state index is 1.14. The van der Waals surface area contributed by atoms with Gasteiger partial charge in [-0.1, -0.05) is 176 Å². The molecule has 64 heavy (non-hydrogen) atoms. The van der Waals surface area contributed by atoms with Crippen LogP contribution in [-0.4, -0.2) is 9.13 Å². The van der Waals surface area contributed by atoms with E-state index in [1.165, 1.54) is 126 Å². The van der Waals surface area contributed by atoms with E-state index in [9.17, 15) is 0 Å². The zero-order chi connectivity index (χ0) is 41.9. The van der Waals surface area contributed by atoms with Crippen LogP contribution in [0, 0.1) is 0 Å². The fourth-order valence-corrected chi connectivity index (χ4v) is 11.0. The van der Waals surface area contributed by atoms with Crippen molar-refractivity contribution >= 4 is 65.2 Å². The Morgan fingerprint density at radius 2 is 0.812 bits per heavy atom. The minimum Gasteiger partial charge on any atom is -0.309 e. The Bertz CT molecular complexity index is 4040. The number of para-hydroxylation sites is 2. The molecule has 0 amide bonds. The molecule has 0 spiro atoms. The molecule has 1 aliphatic rings. The average Bonchev–Trinajstić information content (AvgIpc) is 4.00. The highest BCUT2D eigenvalue weighted by molar-refractivity contribution is 6.20. The summed E-state index contributed by atoms with van der Waals surface area (Å²) < 4.78 is 4.89. The quantitative estimate of drug-likeness (QED) is 0.164. The Kier molecular flexibility index (Phi) is 7.43. The van der Waals surface area contributed by atoms with Crippen LogP contribution in [0.1, 0.15) is 0 Å². The molecule has 0 N–H and O–H groups in total. The summed E-state index contributed by atoms with van der Waals surface area (Å²) >= 11 is 0. The summed E-state index contributed by atoms with van der Waals surface area (Å²) in [6.45, 7) is 0. The molecule has 0 saturated carbocycles. The molecular weight excluding hydrogens is 773 g/mol. The monoisotopic (exact) mass is 810 g/mol. The summed E-state index contributed by atoms with van der Waals surface area (Å²) in [4.78, 5) is 0. The number of hydrogen-bond acceptors (Lipinski definition) is 0. The van der Waals surface area contributed by atoms with Crippen LogP contribution >= 0.6 is 0 Å². The molecule has 13 aromatic rings. The lowest BCUT2D eigenvalue weighted by molar-refractivity contribution is 1.18. The van der Waals surface area contributed by atoms with Gasteiger partial charge in [-0.05, 0) is 126 Å². The third-order valence-corrected chi connectivity index (χ3v) is 13.8. The van der Waals surface area contributed by atoms with Gasteiger partial charge in [-0.25, -0.2) is 0 Å². The van der Waals surface area contributed by atoms with Crippen LogP contribution in [0.25, 0.3) is 132 Å². The van der Waals surface area contributed by atoms with E-state index in [1.807, 2.05) is 0 Å². The molecule has 2 nitrogen and oxygen atoms in total. The molecule has 2 heterocycles. The number of aromatic nitrogens is 2. The third kappa shape index (κ3) is 5.08. The molecule has 0 fully saturated rings. The summed E-state index contributed by atoms with van der Waals surface area (Å²) in [6.07, 6.45) is 0. The second kappa shape index (κ2) is 13.5. The Morgan fingerprint density at radius 3 is 1.70 bits per heavy atom. The van der Waals surface area contributed by atoms with E-state index >= 15 is 0 Å². The molecule has 0 bridgehead atoms. The number of hydrogen-bond donors (Lipinski definition) is 0. The van der Waals surface area contributed by atoms with Gasteiger partial charge in [-0.2, -0.15) is 0 Å². The number of rotatable bonds is 5. The van der Waals surface area contributed by atoms with Crippen molar-refractivity contribution in [1.82, 2.24) is 9.13 Å². The lowest BCUT2D eigenvalue weighted by atomic mass is 9.92. The first-order valence-corrected chi connectivity index (χ1v) is 22.2. The van der Waals surface area contributed by atoms with Crippen molar-refractivity contribution in [2.24, 2.45) is 0 Å². The van der Waals surface area contributed by atoms with E-state index in [4.69, 9.17) is 0 Å². The molecule has 14 rings (SSSR count). The summed E-state index contributed by atoms with van der Waals surface area (Å²) in [5.74, 6) is 0. The summed E-state index contributed by atoms with van der Waals surface area (Å²) in [6, 6.07) is 85.3. The first-order chi connectivity index (χ1) is 31.7. The normalized spacial score (nSPS) is 12.1. The van der Waals surface area contributed by atoms with Gasteiger partial charge >= 0.3 is 0 Å². The van der Waals surface area contributed by atoms with Crippen LogP contribution in [0.15, 0.2) is 231 Å². The van der Waals surface area contributed by atoms with Gasteiger partial charge in [-0.3, -0.25) is 0 Å². The number of benzene rings is 11. The predicted molar refractivity (Wildman–Crippen MR) is 271 cm³/mol. The molecule has 2 aromatic heterocycles. The second-order valence-corrected chi connectivity index (χ2v) is 17.2. The molecule has 296 valence electrons. The molecule has 0 unspecified atom stereocenters. The van der Waals surface area contributed by atoms with Gasteiger partial charge in [0, 0.05) is 38.3 Å². The van der Waals surface area contributed by atoms with Gasteiger partial charge in [0.25, 0.3) is 0 Å². The standard InChI is InChI=1S/C62H38N2/c1-2-17-45(18-3-1)63-58-26-9-8-23-51(58)57-37-42(29-34-59(57)63)43-28-30-52-56-31-27-39-13-4-5-20-48(39)62(56)64(60(52)38-43)46-19-11-15-41(36-46)40-14-10-16-44(35-40)47-32-33-55-50-22-7-6-21-49(50)54-25-12-24-53(47)61(54)55/h1-38H. The van der Waals surface area contributed by atoms with Crippen molar-refractivity contribution in [2.45, 2.75) is 0 Å². The lowest BCUT2D eigenvalue weighted by Gasteiger charge is -2.14. The zero-order valence-corrected chi connectivity index (χ0v) is 34.8. The topological polar surface area (TPSA) is 9.86 Å². The molecule has 11 aromatic carbocycles. The van der Waals surface area contributed by atoms with Crippen molar-refractivity contribution < 1.29 is 0 Å². The van der Waals surface area contributed by atoms with E-state index in [1.54, 1.807) is 0 Å². The molecule has 1 aliphatic carbocycles. The summed E-state index contributed by atoms with van der Waals surface area (Å²) in [5, 5.41) is 10.1. The third-order valence-electron chi connectivity index (χ3n) is 13.8. The highest BCUT2D eigenvalue weighted by Crippen LogP contribution is 2.49. The molecule has 2 heteroatoms. The van der Waals surface area contributed by atoms with Crippen LogP contribution in [-0.2, 0) is 0 Å². The maximum Gasteiger partial charge on any atom is 0.0619 e. The summed E-state index contributed by atoms with van der Waals surface area (Å²) in [5.41, 5.74) is 19.7. The molecule has 0 radical (unpaired) electrons. The van der Waals surface area contributed by atoms with Gasteiger partial charge in [0.15, 0.2) is 0 Å². The Morgan fingerprint density at radius 1 is 0.234 bits per heavy atom. The first-order valence-electron chi connectivity index (χ1n) is 22.2. The van der Waals surface area contributed by atoms with E-state index in [-0.39, 0.29) is 0 Å². The van der Waals surface area contributed by atoms with Crippen molar-refractivity contribution in [3.63, 3.8) is 0 Å². The second-order valence-electron chi connectivity index (χ2n) is 17.2. The van der Waals surface area contributed by atoms with Crippen molar-refractivity contribution in [3.05, 3.63) is 231 Å². The largest absolute Gasteiger partial charge is 0.309 e. The van der Waals surface area contributed by atoms with Gasteiger partial charge in [0.05, 0.1) is 22.1 Å². The fourth-order valence-electron chi connectivity index (χ4n) is 11.0. The van der Waals surface area contributed by atoms with E-state index in [0.717, 1.165) is 5.69 Å². The molecule has 0 saturated heterocycles. The Balaban J connectivity index is 0.934. The predicted octanol–water partition coefficient (Wildman–Crippen LogP) is 16.8. The molecule has 0 aliphatic heterocycles. The van der Waals surface area contributed by atoms with Crippen LogP contribution in [0.4, 0.5) is 0 Å².